The van der Waals surface area contributed by atoms with Crippen molar-refractivity contribution in [1.82, 2.24) is 0 Å². The van der Waals surface area contributed by atoms with E-state index in [-0.39, 0.29) is 0 Å². The molecule has 2 rings (SSSR count). The van der Waals surface area contributed by atoms with Gasteiger partial charge in [0.2, 0.25) is 0 Å². The Hall–Kier alpha value is -1.40. The van der Waals surface area contributed by atoms with Gasteiger partial charge in [-0.05, 0) is 51.4 Å². The average Bonchev–Trinajstić information content (AvgIpc) is 3.88. The van der Waals surface area contributed by atoms with E-state index in [1.165, 1.54) is 103 Å². The molecule has 0 aromatic rings. The second-order valence-electron chi connectivity index (χ2n) is 11.9. The predicted octanol–water partition coefficient (Wildman–Crippen LogP) is 8.79. The van der Waals surface area contributed by atoms with Crippen LogP contribution in [0.4, 0.5) is 0 Å². The Morgan fingerprint density at radius 1 is 0.475 bits per heavy atom. The molecule has 0 aliphatic carbocycles. The molecule has 0 aromatic carbocycles. The highest BCUT2D eigenvalue weighted by molar-refractivity contribution is 5.91. The lowest BCUT2D eigenvalue weighted by Gasteiger charge is -2.03. The molecule has 0 radical (unpaired) electrons. The number of rotatable bonds is 28. The molecule has 2 saturated heterocycles. The molecule has 2 heterocycles. The highest BCUT2D eigenvalue weighted by Crippen LogP contribution is 2.32. The molecule has 4 unspecified atom stereocenters. The van der Waals surface area contributed by atoms with E-state index in [2.05, 4.69) is 13.8 Å². The van der Waals surface area contributed by atoms with Crippen molar-refractivity contribution < 1.29 is 28.5 Å². The minimum Gasteiger partial charge on any atom is -0.463 e. The van der Waals surface area contributed by atoms with E-state index >= 15 is 0 Å². The first-order chi connectivity index (χ1) is 19.6. The topological polar surface area (TPSA) is 77.7 Å². The van der Waals surface area contributed by atoms with Crippen LogP contribution in [0.25, 0.3) is 0 Å². The molecule has 0 N–H and O–H groups in total. The number of esters is 2. The lowest BCUT2D eigenvalue weighted by Crippen LogP contribution is -2.06. The summed E-state index contributed by atoms with van der Waals surface area (Å²) in [5.74, 6) is -0.983. The molecule has 0 saturated carbocycles. The summed E-state index contributed by atoms with van der Waals surface area (Å²) >= 11 is 0. The van der Waals surface area contributed by atoms with E-state index in [1.54, 1.807) is 0 Å². The molecule has 6 heteroatoms. The van der Waals surface area contributed by atoms with E-state index in [1.807, 2.05) is 0 Å². The quantitative estimate of drug-likeness (QED) is 0.0409. The Morgan fingerprint density at radius 3 is 1.12 bits per heavy atom. The summed E-state index contributed by atoms with van der Waals surface area (Å²) in [6, 6.07) is 0. The maximum atomic E-state index is 11.8. The van der Waals surface area contributed by atoms with Gasteiger partial charge in [0.15, 0.2) is 0 Å². The smallest absolute Gasteiger partial charge is 0.331 e. The molecule has 0 aromatic heterocycles. The van der Waals surface area contributed by atoms with Crippen LogP contribution in [-0.4, -0.2) is 49.6 Å². The molecule has 0 bridgehead atoms. The van der Waals surface area contributed by atoms with Crippen LogP contribution in [0.5, 0.6) is 0 Å². The highest BCUT2D eigenvalue weighted by atomic mass is 16.6. The lowest BCUT2D eigenvalue weighted by molar-refractivity contribution is -0.140. The normalized spacial score (nSPS) is 21.6. The molecule has 2 aliphatic heterocycles. The molecule has 4 atom stereocenters. The predicted molar refractivity (Wildman–Crippen MR) is 161 cm³/mol. The number of unbranched alkanes of at least 4 members (excludes halogenated alkanes) is 14. The minimum atomic E-state index is -0.491. The van der Waals surface area contributed by atoms with Crippen molar-refractivity contribution in [3.8, 4) is 0 Å². The third-order valence-corrected chi connectivity index (χ3v) is 8.17. The van der Waals surface area contributed by atoms with Crippen molar-refractivity contribution in [2.75, 3.05) is 13.2 Å². The van der Waals surface area contributed by atoms with Gasteiger partial charge < -0.3 is 18.9 Å². The van der Waals surface area contributed by atoms with Gasteiger partial charge in [-0.15, -0.1) is 0 Å². The first-order valence-corrected chi connectivity index (χ1v) is 17.0. The van der Waals surface area contributed by atoms with Crippen LogP contribution in [0.15, 0.2) is 12.2 Å². The zero-order valence-corrected chi connectivity index (χ0v) is 25.9. The van der Waals surface area contributed by atoms with Gasteiger partial charge in [-0.3, -0.25) is 0 Å². The first kappa shape index (κ1) is 34.8. The van der Waals surface area contributed by atoms with Gasteiger partial charge in [-0.25, -0.2) is 9.59 Å². The Morgan fingerprint density at radius 2 is 0.775 bits per heavy atom. The van der Waals surface area contributed by atoms with Crippen LogP contribution >= 0.6 is 0 Å². The molecular weight excluding hydrogens is 504 g/mol. The molecular formula is C34H60O6. The fraction of sp³-hybridized carbons (Fsp3) is 0.882. The van der Waals surface area contributed by atoms with Crippen molar-refractivity contribution in [3.63, 3.8) is 0 Å². The van der Waals surface area contributed by atoms with Crippen LogP contribution in [-0.2, 0) is 28.5 Å². The van der Waals surface area contributed by atoms with E-state index in [9.17, 15) is 9.59 Å². The summed E-state index contributed by atoms with van der Waals surface area (Å²) < 4.78 is 21.9. The standard InChI is InChI=1S/C34H60O6/c1-3-5-7-9-11-13-15-21-29-31(39-29)23-17-19-27-37-33(35)25-26-34(36)38-28-20-18-24-32-30(40-32)22-16-14-12-10-8-6-4-2/h25-26,29-32H,3-24,27-28H2,1-2H3. The van der Waals surface area contributed by atoms with E-state index in [0.717, 1.165) is 50.7 Å². The van der Waals surface area contributed by atoms with Gasteiger partial charge in [0.05, 0.1) is 37.6 Å². The molecule has 2 aliphatic rings. The molecule has 2 fully saturated rings. The van der Waals surface area contributed by atoms with Gasteiger partial charge in [0, 0.05) is 12.2 Å². The number of hydrogen-bond donors (Lipinski definition) is 0. The third-order valence-electron chi connectivity index (χ3n) is 8.17. The van der Waals surface area contributed by atoms with Crippen molar-refractivity contribution in [2.24, 2.45) is 0 Å². The van der Waals surface area contributed by atoms with Gasteiger partial charge >= 0.3 is 11.9 Å². The Bertz CT molecular complexity index is 621. The van der Waals surface area contributed by atoms with Gasteiger partial charge in [0.1, 0.15) is 0 Å². The van der Waals surface area contributed by atoms with E-state index in [4.69, 9.17) is 18.9 Å². The molecule has 6 nitrogen and oxygen atoms in total. The summed E-state index contributed by atoms with van der Waals surface area (Å²) in [4.78, 5) is 23.7. The molecule has 0 amide bonds. The monoisotopic (exact) mass is 564 g/mol. The molecule has 232 valence electrons. The van der Waals surface area contributed by atoms with Crippen LogP contribution in [0.1, 0.15) is 155 Å². The second-order valence-corrected chi connectivity index (χ2v) is 11.9. The molecule has 0 spiro atoms. The Kier molecular flexibility index (Phi) is 20.2. The SMILES string of the molecule is CCCCCCCCCC1OC1CCCCOC(=O)C=CC(=O)OCCCCC1OC1CCCCCCCCC. The zero-order valence-electron chi connectivity index (χ0n) is 25.9. The van der Waals surface area contributed by atoms with Crippen molar-refractivity contribution in [1.29, 1.82) is 0 Å². The average molecular weight is 565 g/mol. The summed E-state index contributed by atoms with van der Waals surface area (Å²) in [5.41, 5.74) is 0. The number of carbonyl (C=O) groups excluding carboxylic acids is 2. The minimum absolute atomic E-state index is 0.372. The maximum absolute atomic E-state index is 11.8. The fourth-order valence-electron chi connectivity index (χ4n) is 5.45. The highest BCUT2D eigenvalue weighted by Gasteiger charge is 2.37. The first-order valence-electron chi connectivity index (χ1n) is 17.0. The summed E-state index contributed by atoms with van der Waals surface area (Å²) in [7, 11) is 0. The van der Waals surface area contributed by atoms with E-state index in [0.29, 0.717) is 37.6 Å². The third kappa shape index (κ3) is 18.9. The lowest BCUT2D eigenvalue weighted by atomic mass is 10.0. The molecule has 40 heavy (non-hydrogen) atoms. The fourth-order valence-corrected chi connectivity index (χ4v) is 5.45. The largest absolute Gasteiger partial charge is 0.463 e. The number of carbonyl (C=O) groups is 2. The Labute approximate surface area is 245 Å². The maximum Gasteiger partial charge on any atom is 0.331 e. The summed E-state index contributed by atoms with van der Waals surface area (Å²) in [6.45, 7) is 5.25. The van der Waals surface area contributed by atoms with Crippen molar-refractivity contribution in [2.45, 2.75) is 180 Å². The van der Waals surface area contributed by atoms with Crippen molar-refractivity contribution in [3.05, 3.63) is 12.2 Å². The van der Waals surface area contributed by atoms with E-state index < -0.39 is 11.9 Å². The van der Waals surface area contributed by atoms with Gasteiger partial charge in [-0.1, -0.05) is 104 Å². The van der Waals surface area contributed by atoms with Crippen LogP contribution in [0, 0.1) is 0 Å². The number of ether oxygens (including phenoxy) is 4. The van der Waals surface area contributed by atoms with Crippen LogP contribution < -0.4 is 0 Å². The van der Waals surface area contributed by atoms with Crippen LogP contribution in [0.2, 0.25) is 0 Å². The van der Waals surface area contributed by atoms with Crippen LogP contribution in [0.3, 0.4) is 0 Å². The van der Waals surface area contributed by atoms with Gasteiger partial charge in [0.25, 0.3) is 0 Å². The zero-order chi connectivity index (χ0) is 28.7. The number of hydrogen-bond acceptors (Lipinski definition) is 6. The van der Waals surface area contributed by atoms with Gasteiger partial charge in [-0.2, -0.15) is 0 Å². The summed E-state index contributed by atoms with van der Waals surface area (Å²) in [5, 5.41) is 0. The van der Waals surface area contributed by atoms with Crippen molar-refractivity contribution >= 4 is 11.9 Å². The second kappa shape index (κ2) is 23.2. The number of epoxide rings is 2. The Balaban J connectivity index is 1.31. The summed E-state index contributed by atoms with van der Waals surface area (Å²) in [6.07, 6.45) is 30.8.